The van der Waals surface area contributed by atoms with E-state index in [9.17, 15) is 4.79 Å². The number of nitrogens with one attached hydrogen (secondary N) is 1. The molecule has 96 valence electrons. The average Bonchev–Trinajstić information content (AvgIpc) is 2.38. The van der Waals surface area contributed by atoms with Gasteiger partial charge in [-0.05, 0) is 29.9 Å². The quantitative estimate of drug-likeness (QED) is 0.856. The van der Waals surface area contributed by atoms with E-state index in [2.05, 4.69) is 19.2 Å². The normalized spacial score (nSPS) is 11.6. The number of nitrogens with zero attached hydrogens (tertiary/aromatic N) is 1. The summed E-state index contributed by atoms with van der Waals surface area (Å²) in [6.45, 7) is 4.33. The molecular formula is C14H18N2OS. The molecule has 0 saturated heterocycles. The van der Waals surface area contributed by atoms with Gasteiger partial charge in [0.05, 0.1) is 17.4 Å². The maximum Gasteiger partial charge on any atom is 0.234 e. The average molecular weight is 262 g/mol. The Hall–Kier alpha value is -1.47. The first kappa shape index (κ1) is 14.6. The number of thioether (sulfide) groups is 1. The molecule has 0 fully saturated rings. The van der Waals surface area contributed by atoms with Gasteiger partial charge in [-0.25, -0.2) is 0 Å². The van der Waals surface area contributed by atoms with Gasteiger partial charge >= 0.3 is 0 Å². The highest BCUT2D eigenvalue weighted by molar-refractivity contribution is 7.99. The van der Waals surface area contributed by atoms with Gasteiger partial charge in [-0.15, -0.1) is 0 Å². The Labute approximate surface area is 113 Å². The fraction of sp³-hybridized carbons (Fsp3) is 0.429. The molecule has 3 nitrogen and oxygen atoms in total. The summed E-state index contributed by atoms with van der Waals surface area (Å²) in [5.74, 6) is 2.09. The van der Waals surface area contributed by atoms with Crippen molar-refractivity contribution in [3.05, 3.63) is 29.8 Å². The summed E-state index contributed by atoms with van der Waals surface area (Å²) in [5.41, 5.74) is 1.24. The molecule has 18 heavy (non-hydrogen) atoms. The molecule has 1 aromatic carbocycles. The van der Waals surface area contributed by atoms with Crippen LogP contribution in [-0.2, 0) is 4.79 Å². The van der Waals surface area contributed by atoms with E-state index in [4.69, 9.17) is 5.26 Å². The summed E-state index contributed by atoms with van der Waals surface area (Å²) in [7, 11) is 0. The smallest absolute Gasteiger partial charge is 0.234 e. The van der Waals surface area contributed by atoms with E-state index in [-0.39, 0.29) is 5.91 Å². The Kier molecular flexibility index (Phi) is 6.31. The lowest BCUT2D eigenvalue weighted by molar-refractivity contribution is -0.113. The van der Waals surface area contributed by atoms with Gasteiger partial charge in [0.25, 0.3) is 0 Å². The zero-order valence-electron chi connectivity index (χ0n) is 10.8. The van der Waals surface area contributed by atoms with Gasteiger partial charge in [0.15, 0.2) is 0 Å². The van der Waals surface area contributed by atoms with Crippen LogP contribution in [-0.4, -0.2) is 17.4 Å². The highest BCUT2D eigenvalue weighted by Crippen LogP contribution is 2.13. The third-order valence-electron chi connectivity index (χ3n) is 2.61. The molecule has 0 aliphatic heterocycles. The molecule has 1 unspecified atom stereocenters. The predicted molar refractivity (Wildman–Crippen MR) is 76.6 cm³/mol. The molecule has 4 heteroatoms. The number of rotatable bonds is 6. The van der Waals surface area contributed by atoms with Crippen molar-refractivity contribution in [3.63, 3.8) is 0 Å². The Morgan fingerprint density at radius 2 is 2.33 bits per heavy atom. The monoisotopic (exact) mass is 262 g/mol. The summed E-state index contributed by atoms with van der Waals surface area (Å²) < 4.78 is 0. The van der Waals surface area contributed by atoms with Crippen molar-refractivity contribution in [1.29, 1.82) is 5.26 Å². The van der Waals surface area contributed by atoms with Crippen LogP contribution in [0.5, 0.6) is 0 Å². The molecule has 1 aromatic rings. The van der Waals surface area contributed by atoms with Crippen molar-refractivity contribution < 1.29 is 4.79 Å². The fourth-order valence-electron chi connectivity index (χ4n) is 1.33. The van der Waals surface area contributed by atoms with E-state index in [1.807, 2.05) is 6.07 Å². The number of carbonyl (C=O) groups excluding carboxylic acids is 1. The van der Waals surface area contributed by atoms with Crippen LogP contribution in [0, 0.1) is 17.2 Å². The molecular weight excluding hydrogens is 244 g/mol. The number of hydrogen-bond donors (Lipinski definition) is 1. The standard InChI is InChI=1S/C14H18N2OS/c1-3-11(2)9-18-10-14(17)16-13-6-4-5-12(7-13)8-15/h4-7,11H,3,9-10H2,1-2H3,(H,16,17). The molecule has 1 amide bonds. The highest BCUT2D eigenvalue weighted by atomic mass is 32.2. The van der Waals surface area contributed by atoms with Crippen molar-refractivity contribution in [2.24, 2.45) is 5.92 Å². The van der Waals surface area contributed by atoms with Gasteiger partial charge in [0.2, 0.25) is 5.91 Å². The molecule has 0 saturated carbocycles. The van der Waals surface area contributed by atoms with E-state index in [0.717, 1.165) is 12.2 Å². The Morgan fingerprint density at radius 1 is 1.56 bits per heavy atom. The molecule has 1 rings (SSSR count). The van der Waals surface area contributed by atoms with Crippen LogP contribution in [0.1, 0.15) is 25.8 Å². The molecule has 0 aliphatic carbocycles. The summed E-state index contributed by atoms with van der Waals surface area (Å²) in [5, 5.41) is 11.6. The molecule has 0 radical (unpaired) electrons. The first-order valence-electron chi connectivity index (χ1n) is 6.03. The van der Waals surface area contributed by atoms with Gasteiger partial charge in [0, 0.05) is 5.69 Å². The van der Waals surface area contributed by atoms with Gasteiger partial charge in [0.1, 0.15) is 0 Å². The lowest BCUT2D eigenvalue weighted by Crippen LogP contribution is -2.15. The lowest BCUT2D eigenvalue weighted by atomic mass is 10.2. The van der Waals surface area contributed by atoms with Crippen molar-refractivity contribution in [3.8, 4) is 6.07 Å². The third-order valence-corrected chi connectivity index (χ3v) is 3.88. The number of amides is 1. The molecule has 0 aromatic heterocycles. The number of nitriles is 1. The van der Waals surface area contributed by atoms with Crippen LogP contribution < -0.4 is 5.32 Å². The van der Waals surface area contributed by atoms with Crippen molar-refractivity contribution in [2.45, 2.75) is 20.3 Å². The van der Waals surface area contributed by atoms with Crippen LogP contribution in [0.4, 0.5) is 5.69 Å². The van der Waals surface area contributed by atoms with E-state index in [1.54, 1.807) is 36.0 Å². The zero-order chi connectivity index (χ0) is 13.4. The topological polar surface area (TPSA) is 52.9 Å². The summed E-state index contributed by atoms with van der Waals surface area (Å²) >= 11 is 1.65. The largest absolute Gasteiger partial charge is 0.325 e. The Morgan fingerprint density at radius 3 is 3.00 bits per heavy atom. The molecule has 0 spiro atoms. The van der Waals surface area contributed by atoms with E-state index < -0.39 is 0 Å². The van der Waals surface area contributed by atoms with Gasteiger partial charge < -0.3 is 5.32 Å². The van der Waals surface area contributed by atoms with Crippen LogP contribution >= 0.6 is 11.8 Å². The minimum atomic E-state index is -0.0154. The minimum absolute atomic E-state index is 0.0154. The summed E-state index contributed by atoms with van der Waals surface area (Å²) in [6, 6.07) is 9.00. The van der Waals surface area contributed by atoms with Crippen LogP contribution in [0.15, 0.2) is 24.3 Å². The third kappa shape index (κ3) is 5.24. The summed E-state index contributed by atoms with van der Waals surface area (Å²) in [4.78, 5) is 11.7. The molecule has 0 bridgehead atoms. The first-order chi connectivity index (χ1) is 8.65. The minimum Gasteiger partial charge on any atom is -0.325 e. The molecule has 0 heterocycles. The molecule has 1 atom stereocenters. The number of benzene rings is 1. The van der Waals surface area contributed by atoms with Gasteiger partial charge in [-0.1, -0.05) is 26.3 Å². The van der Waals surface area contributed by atoms with E-state index in [0.29, 0.717) is 22.9 Å². The SMILES string of the molecule is CCC(C)CSCC(=O)Nc1cccc(C#N)c1. The number of hydrogen-bond acceptors (Lipinski definition) is 3. The van der Waals surface area contributed by atoms with E-state index >= 15 is 0 Å². The molecule has 0 aliphatic rings. The number of carbonyl (C=O) groups is 1. The maximum absolute atomic E-state index is 11.7. The van der Waals surface area contributed by atoms with Crippen LogP contribution in [0.25, 0.3) is 0 Å². The lowest BCUT2D eigenvalue weighted by Gasteiger charge is -2.08. The predicted octanol–water partition coefficient (Wildman–Crippen LogP) is 3.28. The Bertz CT molecular complexity index is 440. The second-order valence-corrected chi connectivity index (χ2v) is 5.30. The second kappa shape index (κ2) is 7.78. The van der Waals surface area contributed by atoms with Crippen molar-refractivity contribution in [2.75, 3.05) is 16.8 Å². The number of anilines is 1. The molecule has 1 N–H and O–H groups in total. The summed E-state index contributed by atoms with van der Waals surface area (Å²) in [6.07, 6.45) is 1.14. The van der Waals surface area contributed by atoms with Gasteiger partial charge in [-0.3, -0.25) is 4.79 Å². The second-order valence-electron chi connectivity index (χ2n) is 4.27. The van der Waals surface area contributed by atoms with Crippen LogP contribution in [0.3, 0.4) is 0 Å². The van der Waals surface area contributed by atoms with Crippen molar-refractivity contribution >= 4 is 23.4 Å². The zero-order valence-corrected chi connectivity index (χ0v) is 11.6. The van der Waals surface area contributed by atoms with Gasteiger partial charge in [-0.2, -0.15) is 17.0 Å². The Balaban J connectivity index is 2.38. The fourth-order valence-corrected chi connectivity index (χ4v) is 2.35. The highest BCUT2D eigenvalue weighted by Gasteiger charge is 2.05. The maximum atomic E-state index is 11.7. The van der Waals surface area contributed by atoms with Crippen molar-refractivity contribution in [1.82, 2.24) is 0 Å². The first-order valence-corrected chi connectivity index (χ1v) is 7.19. The van der Waals surface area contributed by atoms with Crippen LogP contribution in [0.2, 0.25) is 0 Å². The van der Waals surface area contributed by atoms with E-state index in [1.165, 1.54) is 0 Å².